The number of aromatic nitrogens is 2. The van der Waals surface area contributed by atoms with Crippen molar-refractivity contribution in [1.29, 1.82) is 0 Å². The van der Waals surface area contributed by atoms with E-state index in [1.165, 1.54) is 24.2 Å². The van der Waals surface area contributed by atoms with Gasteiger partial charge in [0.15, 0.2) is 0 Å². The molecule has 0 N–H and O–H groups in total. The molecule has 0 saturated heterocycles. The van der Waals surface area contributed by atoms with Crippen molar-refractivity contribution >= 4 is 5.65 Å². The van der Waals surface area contributed by atoms with Gasteiger partial charge in [-0.1, -0.05) is 6.07 Å². The zero-order valence-electron chi connectivity index (χ0n) is 6.83. The molecule has 3 rings (SSSR count). The van der Waals surface area contributed by atoms with Crippen LogP contribution in [0.5, 0.6) is 0 Å². The maximum absolute atomic E-state index is 4.56. The molecule has 0 unspecified atom stereocenters. The number of aryl methyl sites for hydroxylation is 2. The lowest BCUT2D eigenvalue weighted by Crippen LogP contribution is -1.88. The zero-order valence-corrected chi connectivity index (χ0v) is 6.83. The van der Waals surface area contributed by atoms with Crippen LogP contribution in [-0.2, 0) is 12.8 Å². The van der Waals surface area contributed by atoms with Crippen LogP contribution < -0.4 is 0 Å². The molecule has 2 aromatic rings. The molecule has 12 heavy (non-hydrogen) atoms. The fourth-order valence-corrected chi connectivity index (χ4v) is 1.98. The van der Waals surface area contributed by atoms with Gasteiger partial charge in [0.25, 0.3) is 0 Å². The maximum Gasteiger partial charge on any atom is 0.137 e. The Morgan fingerprint density at radius 3 is 3.25 bits per heavy atom. The lowest BCUT2D eigenvalue weighted by atomic mass is 10.3. The van der Waals surface area contributed by atoms with Crippen LogP contribution in [-0.4, -0.2) is 9.38 Å². The molecule has 0 spiro atoms. The minimum Gasteiger partial charge on any atom is -0.304 e. The molecule has 2 nitrogen and oxygen atoms in total. The van der Waals surface area contributed by atoms with Crippen molar-refractivity contribution < 1.29 is 0 Å². The smallest absolute Gasteiger partial charge is 0.137 e. The van der Waals surface area contributed by atoms with Gasteiger partial charge in [0.1, 0.15) is 5.65 Å². The van der Waals surface area contributed by atoms with E-state index in [-0.39, 0.29) is 0 Å². The highest BCUT2D eigenvalue weighted by Gasteiger charge is 2.16. The predicted octanol–water partition coefficient (Wildman–Crippen LogP) is 1.82. The maximum atomic E-state index is 4.56. The Morgan fingerprint density at radius 2 is 2.25 bits per heavy atom. The number of imidazole rings is 1. The molecule has 0 bridgehead atoms. The Balaban J connectivity index is 2.44. The molecular weight excluding hydrogens is 148 g/mol. The lowest BCUT2D eigenvalue weighted by molar-refractivity contribution is 0.869. The summed E-state index contributed by atoms with van der Waals surface area (Å²) in [4.78, 5) is 4.56. The first-order valence-corrected chi connectivity index (χ1v) is 4.40. The Bertz CT molecular complexity index is 428. The van der Waals surface area contributed by atoms with E-state index in [1.807, 2.05) is 6.07 Å². The zero-order chi connectivity index (χ0) is 7.97. The molecule has 1 aliphatic carbocycles. The van der Waals surface area contributed by atoms with Crippen molar-refractivity contribution in [1.82, 2.24) is 9.38 Å². The van der Waals surface area contributed by atoms with Gasteiger partial charge in [-0.05, 0) is 31.4 Å². The Kier molecular flexibility index (Phi) is 1.09. The van der Waals surface area contributed by atoms with Gasteiger partial charge in [0.05, 0.1) is 5.69 Å². The molecular formula is C10H10N2. The van der Waals surface area contributed by atoms with Crippen molar-refractivity contribution in [3.05, 3.63) is 35.8 Å². The van der Waals surface area contributed by atoms with E-state index < -0.39 is 0 Å². The summed E-state index contributed by atoms with van der Waals surface area (Å²) in [6.45, 7) is 0. The minimum atomic E-state index is 1.10. The molecule has 0 saturated carbocycles. The molecule has 2 heterocycles. The average molecular weight is 158 g/mol. The number of hydrogen-bond acceptors (Lipinski definition) is 1. The number of rotatable bonds is 0. The van der Waals surface area contributed by atoms with Crippen LogP contribution >= 0.6 is 0 Å². The molecule has 2 aromatic heterocycles. The molecule has 2 heteroatoms. The molecule has 0 atom stereocenters. The highest BCUT2D eigenvalue weighted by molar-refractivity contribution is 5.44. The topological polar surface area (TPSA) is 17.3 Å². The van der Waals surface area contributed by atoms with Crippen LogP contribution in [0.1, 0.15) is 17.8 Å². The third-order valence-corrected chi connectivity index (χ3v) is 2.54. The van der Waals surface area contributed by atoms with Crippen LogP contribution in [0.4, 0.5) is 0 Å². The minimum absolute atomic E-state index is 1.10. The van der Waals surface area contributed by atoms with Gasteiger partial charge in [-0.2, -0.15) is 0 Å². The van der Waals surface area contributed by atoms with Gasteiger partial charge < -0.3 is 4.40 Å². The second kappa shape index (κ2) is 2.09. The highest BCUT2D eigenvalue weighted by Crippen LogP contribution is 2.22. The second-order valence-corrected chi connectivity index (χ2v) is 3.29. The van der Waals surface area contributed by atoms with E-state index >= 15 is 0 Å². The van der Waals surface area contributed by atoms with Crippen molar-refractivity contribution in [3.63, 3.8) is 0 Å². The van der Waals surface area contributed by atoms with E-state index in [1.54, 1.807) is 0 Å². The van der Waals surface area contributed by atoms with Crippen LogP contribution in [0.25, 0.3) is 5.65 Å². The van der Waals surface area contributed by atoms with Crippen LogP contribution in [0.3, 0.4) is 0 Å². The fourth-order valence-electron chi connectivity index (χ4n) is 1.98. The summed E-state index contributed by atoms with van der Waals surface area (Å²) in [6, 6.07) is 6.17. The van der Waals surface area contributed by atoms with Crippen LogP contribution in [0.15, 0.2) is 24.4 Å². The number of nitrogens with zero attached hydrogens (tertiary/aromatic N) is 2. The monoisotopic (exact) mass is 158 g/mol. The fraction of sp³-hybridized carbons (Fsp3) is 0.300. The molecule has 1 aliphatic rings. The van der Waals surface area contributed by atoms with Crippen molar-refractivity contribution in [2.45, 2.75) is 19.3 Å². The van der Waals surface area contributed by atoms with Crippen molar-refractivity contribution in [3.8, 4) is 0 Å². The van der Waals surface area contributed by atoms with Crippen molar-refractivity contribution in [2.24, 2.45) is 0 Å². The second-order valence-electron chi connectivity index (χ2n) is 3.29. The Morgan fingerprint density at radius 1 is 1.25 bits per heavy atom. The van der Waals surface area contributed by atoms with Crippen LogP contribution in [0, 0.1) is 0 Å². The highest BCUT2D eigenvalue weighted by atomic mass is 15.0. The van der Waals surface area contributed by atoms with Gasteiger partial charge >= 0.3 is 0 Å². The molecule has 60 valence electrons. The summed E-state index contributed by atoms with van der Waals surface area (Å²) in [6.07, 6.45) is 5.74. The van der Waals surface area contributed by atoms with Crippen molar-refractivity contribution in [2.75, 3.05) is 0 Å². The van der Waals surface area contributed by atoms with Gasteiger partial charge in [-0.25, -0.2) is 4.98 Å². The Labute approximate surface area is 70.9 Å². The third-order valence-electron chi connectivity index (χ3n) is 2.54. The molecule has 0 radical (unpaired) electrons. The van der Waals surface area contributed by atoms with Gasteiger partial charge in [-0.3, -0.25) is 0 Å². The van der Waals surface area contributed by atoms with E-state index in [9.17, 15) is 0 Å². The Hall–Kier alpha value is -1.31. The normalized spacial score (nSPS) is 15.3. The number of pyridine rings is 1. The quantitative estimate of drug-likeness (QED) is 0.571. The molecule has 0 amide bonds. The van der Waals surface area contributed by atoms with Gasteiger partial charge in [-0.15, -0.1) is 0 Å². The largest absolute Gasteiger partial charge is 0.304 e. The standard InChI is InChI=1S/C10H10N2/c1-2-7-12-9-5-3-4-8(9)11-10(12)6-1/h1-2,6-7H,3-5H2. The molecule has 0 aliphatic heterocycles. The van der Waals surface area contributed by atoms with Crippen LogP contribution in [0.2, 0.25) is 0 Å². The predicted molar refractivity (Wildman–Crippen MR) is 47.2 cm³/mol. The molecule has 0 aromatic carbocycles. The molecule has 0 fully saturated rings. The summed E-state index contributed by atoms with van der Waals surface area (Å²) in [5.74, 6) is 0. The van der Waals surface area contributed by atoms with Gasteiger partial charge in [0.2, 0.25) is 0 Å². The summed E-state index contributed by atoms with van der Waals surface area (Å²) >= 11 is 0. The first-order valence-electron chi connectivity index (χ1n) is 4.40. The van der Waals surface area contributed by atoms with E-state index in [4.69, 9.17) is 0 Å². The SMILES string of the molecule is c1ccn2c3c(nc2c1)CCC3. The average Bonchev–Trinajstić information content (AvgIpc) is 2.62. The van der Waals surface area contributed by atoms with Gasteiger partial charge in [0, 0.05) is 11.9 Å². The number of fused-ring (bicyclic) bond motifs is 3. The first-order chi connectivity index (χ1) is 5.95. The third kappa shape index (κ3) is 0.670. The summed E-state index contributed by atoms with van der Waals surface area (Å²) in [5, 5.41) is 0. The van der Waals surface area contributed by atoms with E-state index in [2.05, 4.69) is 27.7 Å². The van der Waals surface area contributed by atoms with E-state index in [0.717, 1.165) is 12.1 Å². The summed E-state index contributed by atoms with van der Waals surface area (Å²) < 4.78 is 2.21. The van der Waals surface area contributed by atoms with E-state index in [0.29, 0.717) is 0 Å². The summed E-state index contributed by atoms with van der Waals surface area (Å²) in [5.41, 5.74) is 3.83. The number of hydrogen-bond donors (Lipinski definition) is 0. The lowest BCUT2D eigenvalue weighted by Gasteiger charge is -1.94. The first kappa shape index (κ1) is 6.23. The summed E-state index contributed by atoms with van der Waals surface area (Å²) in [7, 11) is 0.